The van der Waals surface area contributed by atoms with Crippen molar-refractivity contribution in [2.45, 2.75) is 31.8 Å². The van der Waals surface area contributed by atoms with E-state index in [2.05, 4.69) is 165 Å². The van der Waals surface area contributed by atoms with Crippen LogP contribution in [-0.4, -0.2) is 14.4 Å². The first-order valence-corrected chi connectivity index (χ1v) is 16.8. The fraction of sp³-hybridized carbons (Fsp3) is 0.150. The Hall–Kier alpha value is -4.24. The minimum absolute atomic E-state index is 0.167. The third-order valence-corrected chi connectivity index (χ3v) is 12.1. The van der Waals surface area contributed by atoms with Crippen molar-refractivity contribution in [1.82, 2.24) is 0 Å². The molecule has 5 aromatic rings. The molecule has 0 bridgehead atoms. The summed E-state index contributed by atoms with van der Waals surface area (Å²) < 4.78 is 7.83. The van der Waals surface area contributed by atoms with Gasteiger partial charge in [0, 0.05) is 0 Å². The quantitative estimate of drug-likeness (QED) is 0.0764. The Morgan fingerprint density at radius 3 is 1.43 bits per heavy atom. The van der Waals surface area contributed by atoms with Crippen molar-refractivity contribution >= 4 is 23.9 Å². The molecule has 0 radical (unpaired) electrons. The van der Waals surface area contributed by atoms with E-state index >= 15 is 0 Å². The molecule has 0 aliphatic heterocycles. The predicted octanol–water partition coefficient (Wildman–Crippen LogP) is 7.66. The average Bonchev–Trinajstić information content (AvgIpc) is 3.06. The van der Waals surface area contributed by atoms with Gasteiger partial charge in [0.05, 0.1) is 6.10 Å². The van der Waals surface area contributed by atoms with Gasteiger partial charge in [-0.3, -0.25) is 0 Å². The lowest BCUT2D eigenvalue weighted by atomic mass is 9.85. The van der Waals surface area contributed by atoms with E-state index in [1.54, 1.807) is 0 Å². The van der Waals surface area contributed by atoms with Crippen LogP contribution in [0, 0.1) is 5.92 Å². The molecule has 0 amide bonds. The van der Waals surface area contributed by atoms with E-state index in [0.717, 1.165) is 24.8 Å². The van der Waals surface area contributed by atoms with Gasteiger partial charge in [0.1, 0.15) is 0 Å². The molecule has 0 N–H and O–H groups in total. The molecule has 2 unspecified atom stereocenters. The van der Waals surface area contributed by atoms with Gasteiger partial charge in [0.15, 0.2) is 0 Å². The second kappa shape index (κ2) is 14.6. The third kappa shape index (κ3) is 6.96. The topological polar surface area (TPSA) is 9.23 Å². The van der Waals surface area contributed by atoms with Crippen LogP contribution in [0.3, 0.4) is 0 Å². The molecule has 0 saturated heterocycles. The highest BCUT2D eigenvalue weighted by atomic mass is 28.4. The van der Waals surface area contributed by atoms with Crippen LogP contribution in [0.25, 0.3) is 0 Å². The van der Waals surface area contributed by atoms with E-state index in [0.29, 0.717) is 6.42 Å². The number of hydrogen-bond donors (Lipinski definition) is 0. The summed E-state index contributed by atoms with van der Waals surface area (Å²) in [6.07, 6.45) is 5.39. The highest BCUT2D eigenvalue weighted by Crippen LogP contribution is 2.30. The SMILES string of the molecule is C=CCC(=C)C(O[Si](c1ccccc1)(c1ccccc1)c1ccccc1)C(CCc1ccccc1)Cc1ccccc1. The van der Waals surface area contributed by atoms with E-state index < -0.39 is 8.32 Å². The van der Waals surface area contributed by atoms with Crippen LogP contribution in [0.2, 0.25) is 0 Å². The molecule has 42 heavy (non-hydrogen) atoms. The Kier molecular flexibility index (Phi) is 10.2. The molecular formula is C40H40OSi. The molecule has 0 spiro atoms. The molecule has 5 rings (SSSR count). The van der Waals surface area contributed by atoms with Crippen molar-refractivity contribution in [2.24, 2.45) is 5.92 Å². The van der Waals surface area contributed by atoms with Crippen LogP contribution in [0.15, 0.2) is 176 Å². The summed E-state index contributed by atoms with van der Waals surface area (Å²) in [7, 11) is -2.96. The van der Waals surface area contributed by atoms with E-state index in [1.807, 2.05) is 6.08 Å². The van der Waals surface area contributed by atoms with Crippen LogP contribution in [0.5, 0.6) is 0 Å². The van der Waals surface area contributed by atoms with Gasteiger partial charge in [0.2, 0.25) is 0 Å². The van der Waals surface area contributed by atoms with Gasteiger partial charge in [-0.25, -0.2) is 0 Å². The monoisotopic (exact) mass is 564 g/mol. The standard InChI is InChI=1S/C40H40OSi/c1-3-19-33(2)40(36(32-35-22-11-5-12-23-35)31-30-34-20-9-4-10-21-34)41-42(37-24-13-6-14-25-37,38-26-15-7-16-27-38)39-28-17-8-18-29-39/h3-18,20-29,36,40H,1-2,19,30-32H2. The third-order valence-electron chi connectivity index (χ3n) is 8.07. The molecule has 2 heteroatoms. The number of hydrogen-bond acceptors (Lipinski definition) is 1. The summed E-state index contributed by atoms with van der Waals surface area (Å²) in [6.45, 7) is 8.74. The number of aryl methyl sites for hydroxylation is 1. The Balaban J connectivity index is 1.66. The van der Waals surface area contributed by atoms with Crippen LogP contribution >= 0.6 is 0 Å². The maximum atomic E-state index is 7.83. The van der Waals surface area contributed by atoms with Crippen molar-refractivity contribution in [3.05, 3.63) is 188 Å². The van der Waals surface area contributed by atoms with E-state index in [-0.39, 0.29) is 12.0 Å². The summed E-state index contributed by atoms with van der Waals surface area (Å²) in [6, 6.07) is 54.2. The zero-order valence-corrected chi connectivity index (χ0v) is 25.3. The van der Waals surface area contributed by atoms with E-state index in [4.69, 9.17) is 4.43 Å². The smallest absolute Gasteiger partial charge is 0.288 e. The molecule has 2 atom stereocenters. The fourth-order valence-corrected chi connectivity index (χ4v) is 10.1. The van der Waals surface area contributed by atoms with Crippen LogP contribution < -0.4 is 15.6 Å². The largest absolute Gasteiger partial charge is 0.397 e. The Morgan fingerprint density at radius 1 is 0.595 bits per heavy atom. The minimum atomic E-state index is -2.96. The summed E-state index contributed by atoms with van der Waals surface area (Å²) in [4.78, 5) is 0. The number of rotatable bonds is 14. The normalized spacial score (nSPS) is 12.8. The second-order valence-corrected chi connectivity index (χ2v) is 14.3. The van der Waals surface area contributed by atoms with Crippen LogP contribution in [0.1, 0.15) is 24.0 Å². The van der Waals surface area contributed by atoms with Gasteiger partial charge < -0.3 is 4.43 Å². The Bertz CT molecular complexity index is 1420. The predicted molar refractivity (Wildman–Crippen MR) is 181 cm³/mol. The average molecular weight is 565 g/mol. The fourth-order valence-electron chi connectivity index (χ4n) is 6.00. The maximum Gasteiger partial charge on any atom is 0.288 e. The summed E-state index contributed by atoms with van der Waals surface area (Å²) in [5, 5.41) is 3.71. The molecule has 210 valence electrons. The molecule has 0 saturated carbocycles. The lowest BCUT2D eigenvalue weighted by molar-refractivity contribution is 0.157. The molecule has 0 aromatic heterocycles. The maximum absolute atomic E-state index is 7.83. The first-order valence-electron chi connectivity index (χ1n) is 14.9. The Labute approximate surface area is 253 Å². The second-order valence-electron chi connectivity index (χ2n) is 10.9. The van der Waals surface area contributed by atoms with Crippen LogP contribution in [-0.2, 0) is 17.3 Å². The highest BCUT2D eigenvalue weighted by molar-refractivity contribution is 7.07. The molecule has 0 fully saturated rings. The lowest BCUT2D eigenvalue weighted by Crippen LogP contribution is -2.71. The minimum Gasteiger partial charge on any atom is -0.397 e. The van der Waals surface area contributed by atoms with Gasteiger partial charge >= 0.3 is 0 Å². The van der Waals surface area contributed by atoms with Crippen molar-refractivity contribution in [3.63, 3.8) is 0 Å². The first kappa shape index (κ1) is 29.3. The first-order chi connectivity index (χ1) is 20.7. The number of benzene rings is 5. The van der Waals surface area contributed by atoms with Gasteiger partial charge in [-0.15, -0.1) is 6.58 Å². The summed E-state index contributed by atoms with van der Waals surface area (Å²) in [5.41, 5.74) is 3.75. The van der Waals surface area contributed by atoms with Gasteiger partial charge in [0.25, 0.3) is 8.32 Å². The van der Waals surface area contributed by atoms with E-state index in [9.17, 15) is 0 Å². The van der Waals surface area contributed by atoms with Gasteiger partial charge in [-0.05, 0) is 63.9 Å². The Morgan fingerprint density at radius 2 is 1.00 bits per heavy atom. The molecule has 5 aromatic carbocycles. The number of allylic oxidation sites excluding steroid dienone is 1. The van der Waals surface area contributed by atoms with Crippen molar-refractivity contribution in [1.29, 1.82) is 0 Å². The molecular weight excluding hydrogens is 525 g/mol. The summed E-state index contributed by atoms with van der Waals surface area (Å²) in [5.74, 6) is 0.225. The van der Waals surface area contributed by atoms with Crippen molar-refractivity contribution in [3.8, 4) is 0 Å². The molecule has 0 aliphatic carbocycles. The van der Waals surface area contributed by atoms with Gasteiger partial charge in [-0.1, -0.05) is 164 Å². The molecule has 1 nitrogen and oxygen atoms in total. The summed E-state index contributed by atoms with van der Waals surface area (Å²) >= 11 is 0. The zero-order chi connectivity index (χ0) is 29.0. The van der Waals surface area contributed by atoms with Crippen molar-refractivity contribution in [2.75, 3.05) is 0 Å². The molecule has 0 heterocycles. The van der Waals surface area contributed by atoms with Gasteiger partial charge in [-0.2, -0.15) is 0 Å². The van der Waals surface area contributed by atoms with E-state index in [1.165, 1.54) is 26.7 Å². The lowest BCUT2D eigenvalue weighted by Gasteiger charge is -2.40. The van der Waals surface area contributed by atoms with Crippen molar-refractivity contribution < 1.29 is 4.43 Å². The molecule has 0 aliphatic rings. The highest BCUT2D eigenvalue weighted by Gasteiger charge is 2.45. The van der Waals surface area contributed by atoms with Crippen LogP contribution in [0.4, 0.5) is 0 Å². The zero-order valence-electron chi connectivity index (χ0n) is 24.3.